The molecule has 0 unspecified atom stereocenters. The smallest absolute Gasteiger partial charge is 0.0692 e. The quantitative estimate of drug-likeness (QED) is 0.451. The molecule has 0 saturated heterocycles. The minimum absolute atomic E-state index is 0.0387. The van der Waals surface area contributed by atoms with Crippen LogP contribution in [0.2, 0.25) is 0 Å². The topological polar surface area (TPSA) is 33.0 Å². The first kappa shape index (κ1) is 19.8. The lowest BCUT2D eigenvalue weighted by atomic mass is 9.58. The number of unbranched alkanes of at least 4 members (excludes halogenated alkanes) is 1. The van der Waals surface area contributed by atoms with Crippen LogP contribution >= 0.6 is 0 Å². The number of ether oxygens (including phenoxy) is 1. The third kappa shape index (κ3) is 4.75. The fourth-order valence-corrected chi connectivity index (χ4v) is 5.52. The molecule has 2 fully saturated rings. The molecule has 2 aliphatic carbocycles. The lowest BCUT2D eigenvalue weighted by Crippen LogP contribution is -2.39. The molecular weight excluding hydrogens is 294 g/mol. The predicted molar refractivity (Wildman–Crippen MR) is 101 cm³/mol. The maximum absolute atomic E-state index is 9.98. The molecule has 2 rings (SSSR count). The third-order valence-corrected chi connectivity index (χ3v) is 6.81. The van der Waals surface area contributed by atoms with Crippen molar-refractivity contribution in [3.8, 4) is 6.07 Å². The molecule has 0 spiro atoms. The lowest BCUT2D eigenvalue weighted by molar-refractivity contribution is -0.0299. The molecule has 2 heteroatoms. The van der Waals surface area contributed by atoms with Crippen LogP contribution in [0.25, 0.3) is 0 Å². The van der Waals surface area contributed by atoms with Crippen LogP contribution in [0.4, 0.5) is 0 Å². The van der Waals surface area contributed by atoms with Crippen molar-refractivity contribution in [1.82, 2.24) is 0 Å². The molecule has 0 bridgehead atoms. The molecule has 2 saturated carbocycles. The Hall–Kier alpha value is -0.550. The van der Waals surface area contributed by atoms with Crippen molar-refractivity contribution < 1.29 is 4.74 Å². The fourth-order valence-electron chi connectivity index (χ4n) is 5.52. The number of rotatable bonds is 9. The van der Waals surface area contributed by atoms with Crippen LogP contribution in [0.3, 0.4) is 0 Å². The van der Waals surface area contributed by atoms with Gasteiger partial charge in [-0.3, -0.25) is 0 Å². The van der Waals surface area contributed by atoms with Gasteiger partial charge in [-0.2, -0.15) is 5.26 Å². The zero-order chi connectivity index (χ0) is 17.4. The van der Waals surface area contributed by atoms with Gasteiger partial charge in [-0.1, -0.05) is 40.0 Å². The van der Waals surface area contributed by atoms with Crippen molar-refractivity contribution in [3.63, 3.8) is 0 Å². The fraction of sp³-hybridized carbons (Fsp3) is 0.955. The summed E-state index contributed by atoms with van der Waals surface area (Å²) in [5.41, 5.74) is -0.0387. The molecule has 24 heavy (non-hydrogen) atoms. The minimum atomic E-state index is -0.0387. The van der Waals surface area contributed by atoms with Gasteiger partial charge >= 0.3 is 0 Å². The summed E-state index contributed by atoms with van der Waals surface area (Å²) in [6, 6.07) is 2.80. The SMILES string of the molecule is CCCCO[C@H]1CC[C@H]2C[C@H](C(C#N)(CCC)CCC)CC[C@H]2C1. The summed E-state index contributed by atoms with van der Waals surface area (Å²) in [4.78, 5) is 0. The van der Waals surface area contributed by atoms with E-state index in [0.717, 1.165) is 44.1 Å². The number of fused-ring (bicyclic) bond motifs is 1. The van der Waals surface area contributed by atoms with Gasteiger partial charge in [-0.25, -0.2) is 0 Å². The highest BCUT2D eigenvalue weighted by Gasteiger charge is 2.44. The lowest BCUT2D eigenvalue weighted by Gasteiger charge is -2.46. The zero-order valence-corrected chi connectivity index (χ0v) is 16.4. The number of nitriles is 1. The second-order valence-corrected chi connectivity index (χ2v) is 8.46. The first-order valence-electron chi connectivity index (χ1n) is 10.7. The normalized spacial score (nSPS) is 30.6. The van der Waals surface area contributed by atoms with Crippen molar-refractivity contribution in [1.29, 1.82) is 5.26 Å². The molecule has 0 aliphatic heterocycles. The highest BCUT2D eigenvalue weighted by molar-refractivity contribution is 5.05. The highest BCUT2D eigenvalue weighted by atomic mass is 16.5. The molecule has 2 nitrogen and oxygen atoms in total. The molecule has 0 N–H and O–H groups in total. The standard InChI is InChI=1S/C22H39NO/c1-4-7-14-24-21-11-9-18-15-20(10-8-19(18)16-21)22(17-23,12-5-2)13-6-3/h18-21H,4-16H2,1-3H3/t18-,19-,20+,21-/m0/s1. The van der Waals surface area contributed by atoms with Crippen molar-refractivity contribution in [2.24, 2.45) is 23.2 Å². The average Bonchev–Trinajstić information content (AvgIpc) is 2.61. The average molecular weight is 334 g/mol. The van der Waals surface area contributed by atoms with Gasteiger partial charge in [0.1, 0.15) is 0 Å². The Morgan fingerprint density at radius 2 is 1.58 bits per heavy atom. The van der Waals surface area contributed by atoms with Gasteiger partial charge in [-0.05, 0) is 75.5 Å². The molecular formula is C22H39NO. The maximum Gasteiger partial charge on any atom is 0.0692 e. The van der Waals surface area contributed by atoms with Gasteiger partial charge in [0.25, 0.3) is 0 Å². The molecule has 0 aromatic heterocycles. The second kappa shape index (κ2) is 9.81. The molecule has 0 heterocycles. The van der Waals surface area contributed by atoms with Crippen LogP contribution in [0.1, 0.15) is 97.8 Å². The molecule has 138 valence electrons. The van der Waals surface area contributed by atoms with E-state index in [9.17, 15) is 5.26 Å². The van der Waals surface area contributed by atoms with E-state index in [-0.39, 0.29) is 5.41 Å². The second-order valence-electron chi connectivity index (χ2n) is 8.46. The summed E-state index contributed by atoms with van der Waals surface area (Å²) in [6.45, 7) is 7.67. The van der Waals surface area contributed by atoms with Crippen LogP contribution in [0.15, 0.2) is 0 Å². The largest absolute Gasteiger partial charge is 0.378 e. The van der Waals surface area contributed by atoms with E-state index in [0.29, 0.717) is 12.0 Å². The Morgan fingerprint density at radius 1 is 0.917 bits per heavy atom. The van der Waals surface area contributed by atoms with Gasteiger partial charge in [0.05, 0.1) is 17.6 Å². The maximum atomic E-state index is 9.98. The molecule has 4 atom stereocenters. The van der Waals surface area contributed by atoms with Crippen molar-refractivity contribution in [2.75, 3.05) is 6.61 Å². The van der Waals surface area contributed by atoms with Crippen LogP contribution < -0.4 is 0 Å². The van der Waals surface area contributed by atoms with E-state index in [2.05, 4.69) is 26.8 Å². The number of hydrogen-bond acceptors (Lipinski definition) is 2. The van der Waals surface area contributed by atoms with Crippen LogP contribution in [0, 0.1) is 34.5 Å². The van der Waals surface area contributed by atoms with E-state index < -0.39 is 0 Å². The predicted octanol–water partition coefficient (Wildman–Crippen LogP) is 6.50. The summed E-state index contributed by atoms with van der Waals surface area (Å²) < 4.78 is 6.11. The molecule has 2 aliphatic rings. The van der Waals surface area contributed by atoms with Crippen LogP contribution in [-0.4, -0.2) is 12.7 Å². The minimum Gasteiger partial charge on any atom is -0.378 e. The van der Waals surface area contributed by atoms with Gasteiger partial charge in [0.15, 0.2) is 0 Å². The Labute approximate surface area is 150 Å². The first-order valence-corrected chi connectivity index (χ1v) is 10.7. The van der Waals surface area contributed by atoms with E-state index in [4.69, 9.17) is 4.74 Å². The molecule has 0 radical (unpaired) electrons. The van der Waals surface area contributed by atoms with Gasteiger partial charge in [-0.15, -0.1) is 0 Å². The Balaban J connectivity index is 1.92. The van der Waals surface area contributed by atoms with E-state index >= 15 is 0 Å². The van der Waals surface area contributed by atoms with Crippen molar-refractivity contribution >= 4 is 0 Å². The summed E-state index contributed by atoms with van der Waals surface area (Å²) in [7, 11) is 0. The van der Waals surface area contributed by atoms with Crippen molar-refractivity contribution in [2.45, 2.75) is 104 Å². The number of hydrogen-bond donors (Lipinski definition) is 0. The van der Waals surface area contributed by atoms with Gasteiger partial charge < -0.3 is 4.74 Å². The summed E-state index contributed by atoms with van der Waals surface area (Å²) in [5.74, 6) is 2.36. The van der Waals surface area contributed by atoms with E-state index in [1.165, 1.54) is 51.4 Å². The molecule has 0 aromatic rings. The Kier molecular flexibility index (Phi) is 8.08. The van der Waals surface area contributed by atoms with E-state index in [1.54, 1.807) is 0 Å². The van der Waals surface area contributed by atoms with E-state index in [1.807, 2.05) is 0 Å². The molecule has 0 aromatic carbocycles. The Morgan fingerprint density at radius 3 is 2.21 bits per heavy atom. The van der Waals surface area contributed by atoms with Crippen LogP contribution in [0.5, 0.6) is 0 Å². The van der Waals surface area contributed by atoms with Crippen LogP contribution in [-0.2, 0) is 4.74 Å². The third-order valence-electron chi connectivity index (χ3n) is 6.81. The van der Waals surface area contributed by atoms with Gasteiger partial charge in [0, 0.05) is 6.61 Å². The van der Waals surface area contributed by atoms with Crippen molar-refractivity contribution in [3.05, 3.63) is 0 Å². The molecule has 0 amide bonds. The summed E-state index contributed by atoms with van der Waals surface area (Å²) >= 11 is 0. The van der Waals surface area contributed by atoms with Gasteiger partial charge in [0.2, 0.25) is 0 Å². The highest BCUT2D eigenvalue weighted by Crippen LogP contribution is 2.51. The zero-order valence-electron chi connectivity index (χ0n) is 16.4. The summed E-state index contributed by atoms with van der Waals surface area (Å²) in [6.07, 6.45) is 15.2. The first-order chi connectivity index (χ1) is 11.7. The Bertz CT molecular complexity index is 393. The number of nitrogens with zero attached hydrogens (tertiary/aromatic N) is 1. The monoisotopic (exact) mass is 333 g/mol. The summed E-state index contributed by atoms with van der Waals surface area (Å²) in [5, 5.41) is 9.98.